The molecule has 0 radical (unpaired) electrons. The van der Waals surface area contributed by atoms with Gasteiger partial charge in [-0.25, -0.2) is 4.79 Å². The molecule has 0 aliphatic rings. The number of aromatic nitrogens is 2. The summed E-state index contributed by atoms with van der Waals surface area (Å²) in [6.07, 6.45) is 0. The molecular formula is C18H14N2O3. The largest absolute Gasteiger partial charge is 0.476 e. The summed E-state index contributed by atoms with van der Waals surface area (Å²) in [5, 5.41) is 13.4. The van der Waals surface area contributed by atoms with Gasteiger partial charge < -0.3 is 5.11 Å². The van der Waals surface area contributed by atoms with Gasteiger partial charge in [0, 0.05) is 18.2 Å². The van der Waals surface area contributed by atoms with E-state index in [-0.39, 0.29) is 17.0 Å². The van der Waals surface area contributed by atoms with Crippen LogP contribution in [0.2, 0.25) is 0 Å². The maximum atomic E-state index is 12.9. The minimum Gasteiger partial charge on any atom is -0.476 e. The number of aryl methyl sites for hydroxylation is 1. The lowest BCUT2D eigenvalue weighted by molar-refractivity contribution is 0.0685. The van der Waals surface area contributed by atoms with Crippen LogP contribution in [0.15, 0.2) is 60.7 Å². The van der Waals surface area contributed by atoms with Gasteiger partial charge in [0.05, 0.1) is 11.3 Å². The van der Waals surface area contributed by atoms with Gasteiger partial charge in [0.25, 0.3) is 0 Å². The Bertz CT molecular complexity index is 868. The van der Waals surface area contributed by atoms with E-state index >= 15 is 0 Å². The average Bonchev–Trinajstić information content (AvgIpc) is 2.93. The zero-order valence-electron chi connectivity index (χ0n) is 12.4. The Labute approximate surface area is 132 Å². The van der Waals surface area contributed by atoms with E-state index in [1.807, 2.05) is 30.3 Å². The molecule has 2 aromatic carbocycles. The quantitative estimate of drug-likeness (QED) is 0.752. The maximum absolute atomic E-state index is 12.9. The minimum absolute atomic E-state index is 0.109. The molecular weight excluding hydrogens is 292 g/mol. The average molecular weight is 306 g/mol. The number of rotatable bonds is 4. The van der Waals surface area contributed by atoms with Crippen LogP contribution in [0.4, 0.5) is 0 Å². The standard InChI is InChI=1S/C18H14N2O3/c1-20-16(12-8-4-2-5-9-12)14(15(19-20)18(22)23)17(21)13-10-6-3-7-11-13/h2-11H,1H3,(H,22,23). The molecule has 0 spiro atoms. The molecule has 1 aromatic heterocycles. The fourth-order valence-corrected chi connectivity index (χ4v) is 2.55. The van der Waals surface area contributed by atoms with Gasteiger partial charge in [0.15, 0.2) is 11.5 Å². The molecule has 0 aliphatic heterocycles. The van der Waals surface area contributed by atoms with Gasteiger partial charge in [0.1, 0.15) is 0 Å². The van der Waals surface area contributed by atoms with Crippen molar-refractivity contribution in [1.82, 2.24) is 9.78 Å². The van der Waals surface area contributed by atoms with Crippen molar-refractivity contribution in [2.45, 2.75) is 0 Å². The second-order valence-corrected chi connectivity index (χ2v) is 5.06. The van der Waals surface area contributed by atoms with Gasteiger partial charge >= 0.3 is 5.97 Å². The lowest BCUT2D eigenvalue weighted by atomic mass is 9.97. The lowest BCUT2D eigenvalue weighted by Crippen LogP contribution is -2.09. The Hall–Kier alpha value is -3.21. The van der Waals surface area contributed by atoms with E-state index in [1.54, 1.807) is 37.4 Å². The minimum atomic E-state index is -1.22. The topological polar surface area (TPSA) is 72.2 Å². The third kappa shape index (κ3) is 2.64. The first-order chi connectivity index (χ1) is 11.1. The Morgan fingerprint density at radius 2 is 1.52 bits per heavy atom. The van der Waals surface area contributed by atoms with Crippen LogP contribution >= 0.6 is 0 Å². The molecule has 1 heterocycles. The van der Waals surface area contributed by atoms with E-state index in [0.29, 0.717) is 11.3 Å². The van der Waals surface area contributed by atoms with Crippen molar-refractivity contribution >= 4 is 11.8 Å². The highest BCUT2D eigenvalue weighted by Crippen LogP contribution is 2.28. The third-order valence-electron chi connectivity index (χ3n) is 3.56. The van der Waals surface area contributed by atoms with Crippen LogP contribution in [-0.2, 0) is 7.05 Å². The monoisotopic (exact) mass is 306 g/mol. The van der Waals surface area contributed by atoms with Gasteiger partial charge in [-0.2, -0.15) is 5.10 Å². The lowest BCUT2D eigenvalue weighted by Gasteiger charge is -2.06. The third-order valence-corrected chi connectivity index (χ3v) is 3.56. The molecule has 0 bridgehead atoms. The molecule has 5 nitrogen and oxygen atoms in total. The van der Waals surface area contributed by atoms with Crippen molar-refractivity contribution in [3.05, 3.63) is 77.5 Å². The van der Waals surface area contributed by atoms with Crippen molar-refractivity contribution in [3.63, 3.8) is 0 Å². The smallest absolute Gasteiger partial charge is 0.357 e. The first-order valence-corrected chi connectivity index (χ1v) is 7.05. The number of ketones is 1. The Morgan fingerprint density at radius 1 is 0.957 bits per heavy atom. The molecule has 5 heteroatoms. The Morgan fingerprint density at radius 3 is 2.09 bits per heavy atom. The van der Waals surface area contributed by atoms with Crippen LogP contribution in [0.25, 0.3) is 11.3 Å². The van der Waals surface area contributed by atoms with Crippen molar-refractivity contribution in [1.29, 1.82) is 0 Å². The number of carbonyl (C=O) groups is 2. The van der Waals surface area contributed by atoms with Crippen LogP contribution in [0.3, 0.4) is 0 Å². The van der Waals surface area contributed by atoms with Gasteiger partial charge in [-0.15, -0.1) is 0 Å². The molecule has 0 aliphatic carbocycles. The van der Waals surface area contributed by atoms with Crippen LogP contribution in [0, 0.1) is 0 Å². The molecule has 0 amide bonds. The molecule has 1 N–H and O–H groups in total. The normalized spacial score (nSPS) is 10.5. The second-order valence-electron chi connectivity index (χ2n) is 5.06. The Balaban J connectivity index is 2.26. The van der Waals surface area contributed by atoms with E-state index in [0.717, 1.165) is 5.56 Å². The summed E-state index contributed by atoms with van der Waals surface area (Å²) in [6, 6.07) is 17.8. The fraction of sp³-hybridized carbons (Fsp3) is 0.0556. The zero-order chi connectivity index (χ0) is 16.4. The molecule has 0 saturated carbocycles. The number of carbonyl (C=O) groups excluding carboxylic acids is 1. The maximum Gasteiger partial charge on any atom is 0.357 e. The summed E-state index contributed by atoms with van der Waals surface area (Å²) < 4.78 is 1.44. The van der Waals surface area contributed by atoms with Gasteiger partial charge in [-0.1, -0.05) is 60.7 Å². The predicted molar refractivity (Wildman–Crippen MR) is 85.5 cm³/mol. The Kier molecular flexibility index (Phi) is 3.76. The van der Waals surface area contributed by atoms with Gasteiger partial charge in [-0.05, 0) is 0 Å². The SMILES string of the molecule is Cn1nc(C(=O)O)c(C(=O)c2ccccc2)c1-c1ccccc1. The van der Waals surface area contributed by atoms with Crippen LogP contribution in [0.5, 0.6) is 0 Å². The number of hydrogen-bond donors (Lipinski definition) is 1. The fourth-order valence-electron chi connectivity index (χ4n) is 2.55. The van der Waals surface area contributed by atoms with Gasteiger partial charge in [0.2, 0.25) is 0 Å². The summed E-state index contributed by atoms with van der Waals surface area (Å²) in [4.78, 5) is 24.4. The van der Waals surface area contributed by atoms with E-state index in [2.05, 4.69) is 5.10 Å². The van der Waals surface area contributed by atoms with Crippen molar-refractivity contribution < 1.29 is 14.7 Å². The highest BCUT2D eigenvalue weighted by Gasteiger charge is 2.28. The summed E-state index contributed by atoms with van der Waals surface area (Å²) in [5.41, 5.74) is 1.55. The molecule has 0 atom stereocenters. The first kappa shape index (κ1) is 14.7. The highest BCUT2D eigenvalue weighted by atomic mass is 16.4. The highest BCUT2D eigenvalue weighted by molar-refractivity contribution is 6.17. The molecule has 114 valence electrons. The van der Waals surface area contributed by atoms with E-state index in [1.165, 1.54) is 4.68 Å². The number of carboxylic acids is 1. The summed E-state index contributed by atoms with van der Waals surface area (Å²) in [7, 11) is 1.64. The summed E-state index contributed by atoms with van der Waals surface area (Å²) in [5.74, 6) is -1.57. The van der Waals surface area contributed by atoms with Crippen molar-refractivity contribution in [3.8, 4) is 11.3 Å². The number of benzene rings is 2. The van der Waals surface area contributed by atoms with Gasteiger partial charge in [-0.3, -0.25) is 9.48 Å². The number of nitrogens with zero attached hydrogens (tertiary/aromatic N) is 2. The summed E-state index contributed by atoms with van der Waals surface area (Å²) >= 11 is 0. The predicted octanol–water partition coefficient (Wildman–Crippen LogP) is 3.02. The van der Waals surface area contributed by atoms with E-state index < -0.39 is 5.97 Å². The summed E-state index contributed by atoms with van der Waals surface area (Å²) in [6.45, 7) is 0. The molecule has 23 heavy (non-hydrogen) atoms. The second kappa shape index (κ2) is 5.88. The van der Waals surface area contributed by atoms with Crippen LogP contribution in [0.1, 0.15) is 26.4 Å². The number of carboxylic acid groups (broad SMARTS) is 1. The molecule has 3 aromatic rings. The molecule has 3 rings (SSSR count). The van der Waals surface area contributed by atoms with E-state index in [4.69, 9.17) is 0 Å². The first-order valence-electron chi connectivity index (χ1n) is 7.05. The van der Waals surface area contributed by atoms with E-state index in [9.17, 15) is 14.7 Å². The number of aromatic carboxylic acids is 1. The van der Waals surface area contributed by atoms with Crippen LogP contribution < -0.4 is 0 Å². The molecule has 0 fully saturated rings. The van der Waals surface area contributed by atoms with Crippen molar-refractivity contribution in [2.75, 3.05) is 0 Å². The molecule has 0 saturated heterocycles. The molecule has 0 unspecified atom stereocenters. The zero-order valence-corrected chi connectivity index (χ0v) is 12.4. The van der Waals surface area contributed by atoms with Crippen molar-refractivity contribution in [2.24, 2.45) is 7.05 Å². The van der Waals surface area contributed by atoms with Crippen LogP contribution in [-0.4, -0.2) is 26.6 Å². The number of hydrogen-bond acceptors (Lipinski definition) is 3.